The molecule has 0 amide bonds. The molecule has 0 aliphatic rings. The summed E-state index contributed by atoms with van der Waals surface area (Å²) >= 11 is 3.24. The third kappa shape index (κ3) is 2.53. The molecule has 1 aromatic carbocycles. The maximum absolute atomic E-state index is 13.6. The zero-order valence-electron chi connectivity index (χ0n) is 10.2. The summed E-state index contributed by atoms with van der Waals surface area (Å²) in [4.78, 5) is 11.9. The van der Waals surface area contributed by atoms with Crippen LogP contribution in [0.15, 0.2) is 22.7 Å². The molecule has 0 N–H and O–H groups in total. The molecule has 4 nitrogen and oxygen atoms in total. The summed E-state index contributed by atoms with van der Waals surface area (Å²) in [5, 5.41) is 3.84. The standard InChI is InChI=1S/C12H12BrFN2O2/c1-12(2,3)18-11(17)16-9-5-4-7(13)6-8(9)10(14)15-16/h4-6H,1-3H3. The van der Waals surface area contributed by atoms with E-state index in [4.69, 9.17) is 4.74 Å². The molecule has 0 saturated carbocycles. The first-order valence-electron chi connectivity index (χ1n) is 5.35. The lowest BCUT2D eigenvalue weighted by molar-refractivity contribution is 0.0519. The summed E-state index contributed by atoms with van der Waals surface area (Å²) in [6.45, 7) is 5.22. The van der Waals surface area contributed by atoms with E-state index in [1.54, 1.807) is 39.0 Å². The summed E-state index contributed by atoms with van der Waals surface area (Å²) in [6.07, 6.45) is -0.696. The Labute approximate surface area is 112 Å². The van der Waals surface area contributed by atoms with Gasteiger partial charge in [-0.1, -0.05) is 15.9 Å². The van der Waals surface area contributed by atoms with Crippen molar-refractivity contribution >= 4 is 32.9 Å². The van der Waals surface area contributed by atoms with Crippen LogP contribution in [-0.2, 0) is 4.74 Å². The van der Waals surface area contributed by atoms with E-state index in [1.165, 1.54) is 0 Å². The Morgan fingerprint density at radius 3 is 2.72 bits per heavy atom. The summed E-state index contributed by atoms with van der Waals surface area (Å²) in [5.74, 6) is -0.697. The summed E-state index contributed by atoms with van der Waals surface area (Å²) in [5.41, 5.74) is -0.272. The third-order valence-electron chi connectivity index (χ3n) is 2.16. The fourth-order valence-corrected chi connectivity index (χ4v) is 1.86. The fourth-order valence-electron chi connectivity index (χ4n) is 1.50. The zero-order chi connectivity index (χ0) is 13.5. The maximum Gasteiger partial charge on any atom is 0.435 e. The van der Waals surface area contributed by atoms with Gasteiger partial charge in [-0.3, -0.25) is 0 Å². The number of halogens is 2. The van der Waals surface area contributed by atoms with Crippen LogP contribution in [0.25, 0.3) is 10.9 Å². The van der Waals surface area contributed by atoms with Crippen molar-refractivity contribution in [3.05, 3.63) is 28.6 Å². The van der Waals surface area contributed by atoms with Gasteiger partial charge in [-0.2, -0.15) is 9.07 Å². The second kappa shape index (κ2) is 4.35. The van der Waals surface area contributed by atoms with E-state index >= 15 is 0 Å². The van der Waals surface area contributed by atoms with Gasteiger partial charge >= 0.3 is 6.09 Å². The van der Waals surface area contributed by atoms with Crippen molar-refractivity contribution in [1.29, 1.82) is 0 Å². The van der Waals surface area contributed by atoms with Gasteiger partial charge < -0.3 is 4.74 Å². The molecule has 0 bridgehead atoms. The molecule has 2 rings (SSSR count). The van der Waals surface area contributed by atoms with Gasteiger partial charge in [0.2, 0.25) is 5.95 Å². The number of carbonyl (C=O) groups is 1. The predicted molar refractivity (Wildman–Crippen MR) is 69.0 cm³/mol. The normalized spacial score (nSPS) is 11.8. The molecule has 0 fully saturated rings. The van der Waals surface area contributed by atoms with Gasteiger partial charge in [-0.05, 0) is 39.0 Å². The van der Waals surface area contributed by atoms with Crippen molar-refractivity contribution in [3.8, 4) is 0 Å². The highest BCUT2D eigenvalue weighted by Gasteiger charge is 2.22. The highest BCUT2D eigenvalue weighted by Crippen LogP contribution is 2.23. The van der Waals surface area contributed by atoms with Crippen molar-refractivity contribution < 1.29 is 13.9 Å². The first kappa shape index (κ1) is 13.0. The number of ether oxygens (including phenoxy) is 1. The van der Waals surface area contributed by atoms with E-state index in [-0.39, 0.29) is 5.39 Å². The molecule has 18 heavy (non-hydrogen) atoms. The average molecular weight is 315 g/mol. The van der Waals surface area contributed by atoms with Gasteiger partial charge in [0.1, 0.15) is 5.60 Å². The number of carbonyl (C=O) groups excluding carboxylic acids is 1. The smallest absolute Gasteiger partial charge is 0.435 e. The molecule has 0 aliphatic heterocycles. The first-order valence-corrected chi connectivity index (χ1v) is 6.14. The Bertz CT molecular complexity index is 616. The Hall–Kier alpha value is -1.43. The van der Waals surface area contributed by atoms with Crippen LogP contribution in [0.1, 0.15) is 20.8 Å². The Morgan fingerprint density at radius 1 is 1.44 bits per heavy atom. The van der Waals surface area contributed by atoms with Gasteiger partial charge in [-0.15, -0.1) is 5.10 Å². The second-order valence-corrected chi connectivity index (χ2v) is 5.76. The second-order valence-electron chi connectivity index (χ2n) is 4.84. The number of hydrogen-bond donors (Lipinski definition) is 0. The molecule has 0 saturated heterocycles. The van der Waals surface area contributed by atoms with Crippen LogP contribution in [0.5, 0.6) is 0 Å². The topological polar surface area (TPSA) is 44.1 Å². The largest absolute Gasteiger partial charge is 0.442 e. The highest BCUT2D eigenvalue weighted by atomic mass is 79.9. The van der Waals surface area contributed by atoms with Crippen LogP contribution in [0.4, 0.5) is 9.18 Å². The van der Waals surface area contributed by atoms with Gasteiger partial charge in [0.05, 0.1) is 10.9 Å². The number of hydrogen-bond acceptors (Lipinski definition) is 3. The lowest BCUT2D eigenvalue weighted by atomic mass is 10.2. The van der Waals surface area contributed by atoms with Gasteiger partial charge in [-0.25, -0.2) is 4.79 Å². The lowest BCUT2D eigenvalue weighted by Gasteiger charge is -2.19. The van der Waals surface area contributed by atoms with Gasteiger partial charge in [0.15, 0.2) is 0 Å². The van der Waals surface area contributed by atoms with Crippen LogP contribution in [-0.4, -0.2) is 21.5 Å². The van der Waals surface area contributed by atoms with E-state index < -0.39 is 17.6 Å². The van der Waals surface area contributed by atoms with E-state index in [2.05, 4.69) is 21.0 Å². The lowest BCUT2D eigenvalue weighted by Crippen LogP contribution is -2.27. The van der Waals surface area contributed by atoms with E-state index in [0.29, 0.717) is 5.52 Å². The van der Waals surface area contributed by atoms with Crippen LogP contribution < -0.4 is 0 Å². The summed E-state index contributed by atoms with van der Waals surface area (Å²) in [6, 6.07) is 4.89. The maximum atomic E-state index is 13.6. The van der Waals surface area contributed by atoms with E-state index in [1.807, 2.05) is 0 Å². The van der Waals surface area contributed by atoms with Gasteiger partial charge in [0, 0.05) is 4.47 Å². The molecule has 0 radical (unpaired) electrons. The molecular weight excluding hydrogens is 303 g/mol. The SMILES string of the molecule is CC(C)(C)OC(=O)n1nc(F)c2cc(Br)ccc21. The van der Waals surface area contributed by atoms with E-state index in [0.717, 1.165) is 9.15 Å². The molecule has 6 heteroatoms. The Morgan fingerprint density at radius 2 is 2.11 bits per heavy atom. The summed E-state index contributed by atoms with van der Waals surface area (Å²) in [7, 11) is 0. The van der Waals surface area contributed by atoms with E-state index in [9.17, 15) is 9.18 Å². The first-order chi connectivity index (χ1) is 8.28. The number of fused-ring (bicyclic) bond motifs is 1. The quantitative estimate of drug-likeness (QED) is 0.744. The van der Waals surface area contributed by atoms with Crippen LogP contribution in [0.3, 0.4) is 0 Å². The number of benzene rings is 1. The van der Waals surface area contributed by atoms with Crippen molar-refractivity contribution in [1.82, 2.24) is 9.78 Å². The Kier molecular flexibility index (Phi) is 3.14. The highest BCUT2D eigenvalue weighted by molar-refractivity contribution is 9.10. The average Bonchev–Trinajstić information content (AvgIpc) is 2.54. The minimum Gasteiger partial charge on any atom is -0.442 e. The van der Waals surface area contributed by atoms with Gasteiger partial charge in [0.25, 0.3) is 0 Å². The number of aromatic nitrogens is 2. The Balaban J connectivity index is 2.49. The molecule has 1 aromatic heterocycles. The van der Waals surface area contributed by atoms with Crippen molar-refractivity contribution in [2.24, 2.45) is 0 Å². The number of rotatable bonds is 0. The molecule has 1 heterocycles. The van der Waals surface area contributed by atoms with Crippen LogP contribution >= 0.6 is 15.9 Å². The van der Waals surface area contributed by atoms with Crippen LogP contribution in [0, 0.1) is 5.95 Å². The molecular formula is C12H12BrFN2O2. The minimum atomic E-state index is -0.697. The van der Waals surface area contributed by atoms with Crippen molar-refractivity contribution in [3.63, 3.8) is 0 Å². The molecule has 0 spiro atoms. The minimum absolute atomic E-state index is 0.273. The van der Waals surface area contributed by atoms with Crippen molar-refractivity contribution in [2.75, 3.05) is 0 Å². The molecule has 0 unspecified atom stereocenters. The molecule has 0 aliphatic carbocycles. The monoisotopic (exact) mass is 314 g/mol. The third-order valence-corrected chi connectivity index (χ3v) is 2.66. The fraction of sp³-hybridized carbons (Fsp3) is 0.333. The predicted octanol–water partition coefficient (Wildman–Crippen LogP) is 3.72. The van der Waals surface area contributed by atoms with Crippen molar-refractivity contribution in [2.45, 2.75) is 26.4 Å². The summed E-state index contributed by atoms with van der Waals surface area (Å²) < 4.78 is 20.4. The van der Waals surface area contributed by atoms with Crippen LogP contribution in [0.2, 0.25) is 0 Å². The molecule has 2 aromatic rings. The zero-order valence-corrected chi connectivity index (χ0v) is 11.8. The number of nitrogens with zero attached hydrogens (tertiary/aromatic N) is 2. The molecule has 96 valence electrons. The molecule has 0 atom stereocenters.